The van der Waals surface area contributed by atoms with Crippen molar-refractivity contribution in [2.24, 2.45) is 5.73 Å². The van der Waals surface area contributed by atoms with Gasteiger partial charge in [0.15, 0.2) is 0 Å². The molecule has 0 saturated carbocycles. The molecule has 0 radical (unpaired) electrons. The van der Waals surface area contributed by atoms with E-state index < -0.39 is 0 Å². The first-order valence-electron chi connectivity index (χ1n) is 8.40. The fourth-order valence-corrected chi connectivity index (χ4v) is 2.90. The molecule has 1 fully saturated rings. The first kappa shape index (κ1) is 17.0. The van der Waals surface area contributed by atoms with Gasteiger partial charge in [0.05, 0.1) is 18.8 Å². The van der Waals surface area contributed by atoms with Crippen molar-refractivity contribution >= 4 is 5.91 Å². The number of likely N-dealkylation sites (tertiary alicyclic amines) is 1. The highest BCUT2D eigenvalue weighted by molar-refractivity contribution is 5.81. The van der Waals surface area contributed by atoms with E-state index in [-0.39, 0.29) is 18.1 Å². The van der Waals surface area contributed by atoms with Gasteiger partial charge in [-0.3, -0.25) is 4.79 Å². The minimum Gasteiger partial charge on any atom is -0.378 e. The van der Waals surface area contributed by atoms with Gasteiger partial charge in [-0.25, -0.2) is 0 Å². The number of piperidine rings is 1. The zero-order valence-corrected chi connectivity index (χ0v) is 13.5. The van der Waals surface area contributed by atoms with Crippen LogP contribution < -0.4 is 5.73 Å². The summed E-state index contributed by atoms with van der Waals surface area (Å²) in [6, 6.07) is 10.1. The van der Waals surface area contributed by atoms with E-state index in [4.69, 9.17) is 10.5 Å². The van der Waals surface area contributed by atoms with Crippen molar-refractivity contribution in [2.75, 3.05) is 19.7 Å². The normalized spacial score (nSPS) is 17.5. The number of nitrogens with zero attached hydrogens (tertiary/aromatic N) is 1. The second-order valence-corrected chi connectivity index (χ2v) is 6.03. The van der Waals surface area contributed by atoms with Crippen LogP contribution in [0.5, 0.6) is 0 Å². The molecular formula is C18H28N2O2. The number of ether oxygens (including phenoxy) is 1. The Balaban J connectivity index is 1.66. The fraction of sp³-hybridized carbons (Fsp3) is 0.611. The molecule has 2 N–H and O–H groups in total. The molecule has 0 aromatic heterocycles. The summed E-state index contributed by atoms with van der Waals surface area (Å²) in [6.45, 7) is 4.34. The Morgan fingerprint density at radius 3 is 2.64 bits per heavy atom. The van der Waals surface area contributed by atoms with Gasteiger partial charge >= 0.3 is 0 Å². The molecule has 1 amide bonds. The molecule has 1 aliphatic rings. The van der Waals surface area contributed by atoms with Gasteiger partial charge in [-0.1, -0.05) is 43.7 Å². The average Bonchev–Trinajstić information content (AvgIpc) is 2.56. The quantitative estimate of drug-likeness (QED) is 0.841. The molecule has 0 spiro atoms. The molecule has 1 saturated heterocycles. The van der Waals surface area contributed by atoms with E-state index in [0.29, 0.717) is 0 Å². The maximum absolute atomic E-state index is 12.2. The lowest BCUT2D eigenvalue weighted by Gasteiger charge is -2.33. The van der Waals surface area contributed by atoms with Crippen LogP contribution in [0.1, 0.15) is 38.2 Å². The molecule has 122 valence electrons. The molecule has 1 heterocycles. The third-order valence-corrected chi connectivity index (χ3v) is 4.26. The summed E-state index contributed by atoms with van der Waals surface area (Å²) in [6.07, 6.45) is 4.77. The summed E-state index contributed by atoms with van der Waals surface area (Å²) in [7, 11) is 0. The summed E-state index contributed by atoms with van der Waals surface area (Å²) < 4.78 is 5.95. The van der Waals surface area contributed by atoms with E-state index in [2.05, 4.69) is 31.2 Å². The molecular weight excluding hydrogens is 276 g/mol. The van der Waals surface area contributed by atoms with Crippen LogP contribution in [0.3, 0.4) is 0 Å². The van der Waals surface area contributed by atoms with E-state index in [1.807, 2.05) is 11.0 Å². The molecule has 4 nitrogen and oxygen atoms in total. The van der Waals surface area contributed by atoms with Gasteiger partial charge in [0.1, 0.15) is 0 Å². The summed E-state index contributed by atoms with van der Waals surface area (Å²) in [5, 5.41) is 0. The van der Waals surface area contributed by atoms with Crippen molar-refractivity contribution in [1.29, 1.82) is 0 Å². The largest absolute Gasteiger partial charge is 0.378 e. The second-order valence-electron chi connectivity index (χ2n) is 6.03. The van der Waals surface area contributed by atoms with Crippen LogP contribution in [0.4, 0.5) is 0 Å². The zero-order valence-electron chi connectivity index (χ0n) is 13.5. The monoisotopic (exact) mass is 304 g/mol. The molecule has 1 aliphatic heterocycles. The van der Waals surface area contributed by atoms with Gasteiger partial charge in [-0.2, -0.15) is 0 Å². The van der Waals surface area contributed by atoms with Crippen LogP contribution in [-0.4, -0.2) is 42.6 Å². The van der Waals surface area contributed by atoms with Crippen molar-refractivity contribution < 1.29 is 9.53 Å². The lowest BCUT2D eigenvalue weighted by molar-refractivity contribution is -0.135. The Morgan fingerprint density at radius 2 is 2.00 bits per heavy atom. The first-order valence-corrected chi connectivity index (χ1v) is 8.40. The molecule has 1 aromatic carbocycles. The number of carbonyl (C=O) groups excluding carboxylic acids is 1. The Labute approximate surface area is 133 Å². The molecule has 2 rings (SSSR count). The number of carbonyl (C=O) groups is 1. The summed E-state index contributed by atoms with van der Waals surface area (Å²) >= 11 is 0. The van der Waals surface area contributed by atoms with Crippen LogP contribution in [0, 0.1) is 0 Å². The average molecular weight is 304 g/mol. The van der Waals surface area contributed by atoms with Gasteiger partial charge in [0, 0.05) is 13.1 Å². The van der Waals surface area contributed by atoms with E-state index in [9.17, 15) is 4.79 Å². The Bertz CT molecular complexity index is 442. The SMILES string of the molecule is CCCC(N)C(=O)N1CCC(OCCc2ccccc2)CC1. The predicted octanol–water partition coefficient (Wildman–Crippen LogP) is 2.36. The molecule has 1 unspecified atom stereocenters. The van der Waals surface area contributed by atoms with Crippen molar-refractivity contribution in [1.82, 2.24) is 4.90 Å². The topological polar surface area (TPSA) is 55.6 Å². The zero-order chi connectivity index (χ0) is 15.8. The van der Waals surface area contributed by atoms with Gasteiger partial charge in [0.25, 0.3) is 0 Å². The van der Waals surface area contributed by atoms with Crippen LogP contribution in [-0.2, 0) is 16.0 Å². The Morgan fingerprint density at radius 1 is 1.32 bits per heavy atom. The van der Waals surface area contributed by atoms with Gasteiger partial charge in [0.2, 0.25) is 5.91 Å². The number of amides is 1. The van der Waals surface area contributed by atoms with Crippen LogP contribution in [0.2, 0.25) is 0 Å². The third kappa shape index (κ3) is 5.11. The molecule has 4 heteroatoms. The summed E-state index contributed by atoms with van der Waals surface area (Å²) in [4.78, 5) is 14.1. The van der Waals surface area contributed by atoms with Crippen molar-refractivity contribution in [3.05, 3.63) is 35.9 Å². The van der Waals surface area contributed by atoms with Crippen LogP contribution in [0.25, 0.3) is 0 Å². The molecule has 22 heavy (non-hydrogen) atoms. The standard InChI is InChI=1S/C18H28N2O2/c1-2-6-17(19)18(21)20-12-9-16(10-13-20)22-14-11-15-7-4-3-5-8-15/h3-5,7-8,16-17H,2,6,9-14,19H2,1H3. The molecule has 0 aliphatic carbocycles. The van der Waals surface area contributed by atoms with Crippen molar-refractivity contribution in [3.63, 3.8) is 0 Å². The van der Waals surface area contributed by atoms with Gasteiger partial charge in [-0.05, 0) is 31.2 Å². The third-order valence-electron chi connectivity index (χ3n) is 4.26. The molecule has 1 atom stereocenters. The van der Waals surface area contributed by atoms with E-state index >= 15 is 0 Å². The lowest BCUT2D eigenvalue weighted by atomic mass is 10.1. The summed E-state index contributed by atoms with van der Waals surface area (Å²) in [5.74, 6) is 0.101. The fourth-order valence-electron chi connectivity index (χ4n) is 2.90. The highest BCUT2D eigenvalue weighted by Crippen LogP contribution is 2.15. The smallest absolute Gasteiger partial charge is 0.239 e. The predicted molar refractivity (Wildman–Crippen MR) is 88.6 cm³/mol. The summed E-state index contributed by atoms with van der Waals surface area (Å²) in [5.41, 5.74) is 7.22. The minimum atomic E-state index is -0.333. The van der Waals surface area contributed by atoms with E-state index in [1.54, 1.807) is 0 Å². The second kappa shape index (κ2) is 8.91. The highest BCUT2D eigenvalue weighted by Gasteiger charge is 2.26. The van der Waals surface area contributed by atoms with Crippen LogP contribution >= 0.6 is 0 Å². The van der Waals surface area contributed by atoms with Gasteiger partial charge in [-0.15, -0.1) is 0 Å². The Kier molecular flexibility index (Phi) is 6.87. The number of nitrogens with two attached hydrogens (primary N) is 1. The minimum absolute atomic E-state index is 0.101. The number of hydrogen-bond donors (Lipinski definition) is 1. The van der Waals surface area contributed by atoms with Crippen LogP contribution in [0.15, 0.2) is 30.3 Å². The van der Waals surface area contributed by atoms with Crippen molar-refractivity contribution in [3.8, 4) is 0 Å². The maximum Gasteiger partial charge on any atom is 0.239 e. The van der Waals surface area contributed by atoms with E-state index in [1.165, 1.54) is 5.56 Å². The first-order chi connectivity index (χ1) is 10.7. The van der Waals surface area contributed by atoms with Crippen molar-refractivity contribution in [2.45, 2.75) is 51.2 Å². The molecule has 0 bridgehead atoms. The number of benzene rings is 1. The van der Waals surface area contributed by atoms with E-state index in [0.717, 1.165) is 51.8 Å². The van der Waals surface area contributed by atoms with Gasteiger partial charge < -0.3 is 15.4 Å². The maximum atomic E-state index is 12.2. The molecule has 1 aromatic rings. The highest BCUT2D eigenvalue weighted by atomic mass is 16.5. The number of hydrogen-bond acceptors (Lipinski definition) is 3. The lowest BCUT2D eigenvalue weighted by Crippen LogP contribution is -2.48. The Hall–Kier alpha value is -1.39. The number of rotatable bonds is 7.